The molecule has 126 valence electrons. The van der Waals surface area contributed by atoms with Gasteiger partial charge in [-0.05, 0) is 19.4 Å². The molecule has 3 rings (SSSR count). The van der Waals surface area contributed by atoms with Gasteiger partial charge in [0.05, 0.1) is 12.8 Å². The van der Waals surface area contributed by atoms with E-state index < -0.39 is 5.92 Å². The SMILES string of the molecule is CCCC1=Nc2[nH]ncc2C(c2ccccc2O)C1C(=O)OCC. The lowest BCUT2D eigenvalue weighted by atomic mass is 9.76. The van der Waals surface area contributed by atoms with E-state index in [2.05, 4.69) is 15.2 Å². The summed E-state index contributed by atoms with van der Waals surface area (Å²) in [5, 5.41) is 17.3. The monoisotopic (exact) mass is 327 g/mol. The van der Waals surface area contributed by atoms with E-state index in [1.165, 1.54) is 0 Å². The second-order valence-corrected chi connectivity index (χ2v) is 5.79. The molecule has 0 bridgehead atoms. The Morgan fingerprint density at radius 3 is 2.79 bits per heavy atom. The number of nitrogens with zero attached hydrogens (tertiary/aromatic N) is 2. The third-order valence-corrected chi connectivity index (χ3v) is 4.25. The van der Waals surface area contributed by atoms with Gasteiger partial charge in [0.1, 0.15) is 11.7 Å². The van der Waals surface area contributed by atoms with E-state index >= 15 is 0 Å². The third kappa shape index (κ3) is 2.79. The number of nitrogens with one attached hydrogen (secondary N) is 1. The van der Waals surface area contributed by atoms with Crippen molar-refractivity contribution in [2.24, 2.45) is 10.9 Å². The topological polar surface area (TPSA) is 87.6 Å². The van der Waals surface area contributed by atoms with E-state index in [-0.39, 0.29) is 17.6 Å². The van der Waals surface area contributed by atoms with Gasteiger partial charge in [-0.15, -0.1) is 0 Å². The van der Waals surface area contributed by atoms with Crippen molar-refractivity contribution in [2.75, 3.05) is 6.61 Å². The highest BCUT2D eigenvalue weighted by atomic mass is 16.5. The van der Waals surface area contributed by atoms with Gasteiger partial charge in [0.2, 0.25) is 0 Å². The average Bonchev–Trinajstić information content (AvgIpc) is 3.03. The molecule has 24 heavy (non-hydrogen) atoms. The van der Waals surface area contributed by atoms with Crippen LogP contribution in [0.5, 0.6) is 5.75 Å². The number of aromatic amines is 1. The second kappa shape index (κ2) is 6.86. The highest BCUT2D eigenvalue weighted by Gasteiger charge is 2.41. The Kier molecular flexibility index (Phi) is 4.64. The normalized spacial score (nSPS) is 19.5. The largest absolute Gasteiger partial charge is 0.508 e. The fourth-order valence-corrected chi connectivity index (χ4v) is 3.26. The molecule has 1 aromatic carbocycles. The van der Waals surface area contributed by atoms with Gasteiger partial charge in [0.15, 0.2) is 5.82 Å². The molecular weight excluding hydrogens is 306 g/mol. The summed E-state index contributed by atoms with van der Waals surface area (Å²) < 4.78 is 5.31. The first-order valence-electron chi connectivity index (χ1n) is 8.22. The predicted octanol–water partition coefficient (Wildman–Crippen LogP) is 3.31. The van der Waals surface area contributed by atoms with E-state index in [4.69, 9.17) is 4.74 Å². The fourth-order valence-electron chi connectivity index (χ4n) is 3.26. The molecule has 0 saturated heterocycles. The summed E-state index contributed by atoms with van der Waals surface area (Å²) >= 11 is 0. The quantitative estimate of drug-likeness (QED) is 0.825. The van der Waals surface area contributed by atoms with Crippen molar-refractivity contribution in [1.29, 1.82) is 0 Å². The number of benzene rings is 1. The van der Waals surface area contributed by atoms with Gasteiger partial charge in [0, 0.05) is 22.8 Å². The van der Waals surface area contributed by atoms with Crippen LogP contribution < -0.4 is 0 Å². The smallest absolute Gasteiger partial charge is 0.315 e. The minimum Gasteiger partial charge on any atom is -0.508 e. The first kappa shape index (κ1) is 16.2. The Morgan fingerprint density at radius 1 is 1.29 bits per heavy atom. The van der Waals surface area contributed by atoms with Gasteiger partial charge in [-0.3, -0.25) is 9.89 Å². The first-order chi connectivity index (χ1) is 11.7. The Labute approximate surface area is 140 Å². The Bertz CT molecular complexity index is 766. The number of rotatable bonds is 5. The van der Waals surface area contributed by atoms with Gasteiger partial charge in [-0.2, -0.15) is 5.10 Å². The van der Waals surface area contributed by atoms with Crippen LogP contribution in [-0.4, -0.2) is 33.6 Å². The van der Waals surface area contributed by atoms with Gasteiger partial charge in [-0.25, -0.2) is 4.99 Å². The van der Waals surface area contributed by atoms with Crippen molar-refractivity contribution in [1.82, 2.24) is 10.2 Å². The van der Waals surface area contributed by atoms with Crippen molar-refractivity contribution in [3.8, 4) is 5.75 Å². The van der Waals surface area contributed by atoms with Crippen LogP contribution in [0.25, 0.3) is 0 Å². The van der Waals surface area contributed by atoms with E-state index in [9.17, 15) is 9.90 Å². The van der Waals surface area contributed by atoms with Gasteiger partial charge in [-0.1, -0.05) is 31.5 Å². The van der Waals surface area contributed by atoms with Crippen molar-refractivity contribution >= 4 is 17.5 Å². The van der Waals surface area contributed by atoms with Gasteiger partial charge < -0.3 is 9.84 Å². The first-order valence-corrected chi connectivity index (χ1v) is 8.22. The van der Waals surface area contributed by atoms with Crippen LogP contribution in [0.3, 0.4) is 0 Å². The number of carbonyl (C=O) groups is 1. The zero-order chi connectivity index (χ0) is 17.1. The summed E-state index contributed by atoms with van der Waals surface area (Å²) in [5.41, 5.74) is 2.25. The van der Waals surface area contributed by atoms with Crippen molar-refractivity contribution in [2.45, 2.75) is 32.6 Å². The Morgan fingerprint density at radius 2 is 2.08 bits per heavy atom. The van der Waals surface area contributed by atoms with Crippen LogP contribution in [0.1, 0.15) is 43.7 Å². The van der Waals surface area contributed by atoms with Crippen molar-refractivity contribution in [3.05, 3.63) is 41.6 Å². The molecule has 2 unspecified atom stereocenters. The molecule has 0 spiro atoms. The predicted molar refractivity (Wildman–Crippen MR) is 90.7 cm³/mol. The van der Waals surface area contributed by atoms with Gasteiger partial charge >= 0.3 is 5.97 Å². The fraction of sp³-hybridized carbons (Fsp3) is 0.389. The average molecular weight is 327 g/mol. The molecular formula is C18H21N3O3. The maximum Gasteiger partial charge on any atom is 0.315 e. The lowest BCUT2D eigenvalue weighted by molar-refractivity contribution is -0.146. The molecule has 0 radical (unpaired) electrons. The summed E-state index contributed by atoms with van der Waals surface area (Å²) in [6, 6.07) is 7.07. The number of aromatic hydroxyl groups is 1. The molecule has 2 aromatic rings. The van der Waals surface area contributed by atoms with Crippen LogP contribution in [-0.2, 0) is 9.53 Å². The van der Waals surface area contributed by atoms with Crippen LogP contribution in [0.15, 0.2) is 35.5 Å². The van der Waals surface area contributed by atoms with Crippen LogP contribution in [0.4, 0.5) is 5.82 Å². The summed E-state index contributed by atoms with van der Waals surface area (Å²) in [6.07, 6.45) is 3.22. The van der Waals surface area contributed by atoms with Crippen LogP contribution >= 0.6 is 0 Å². The number of phenols is 1. The summed E-state index contributed by atoms with van der Waals surface area (Å²) in [7, 11) is 0. The van der Waals surface area contributed by atoms with Crippen molar-refractivity contribution < 1.29 is 14.6 Å². The standard InChI is InChI=1S/C18H21N3O3/c1-3-7-13-16(18(23)24-4-2)15(11-8-5-6-9-14(11)22)12-10-19-21-17(12)20-13/h5-6,8-10,15-16,22H,3-4,7H2,1-2H3,(H,19,21). The number of esters is 1. The summed E-state index contributed by atoms with van der Waals surface area (Å²) in [6.45, 7) is 4.14. The van der Waals surface area contributed by atoms with E-state index in [1.807, 2.05) is 19.1 Å². The number of aromatic nitrogens is 2. The van der Waals surface area contributed by atoms with Crippen LogP contribution in [0.2, 0.25) is 0 Å². The number of phenolic OH excluding ortho intramolecular Hbond substituents is 1. The molecule has 0 aliphatic carbocycles. The Hall–Kier alpha value is -2.63. The molecule has 0 fully saturated rings. The molecule has 1 aliphatic rings. The second-order valence-electron chi connectivity index (χ2n) is 5.79. The summed E-state index contributed by atoms with van der Waals surface area (Å²) in [4.78, 5) is 17.3. The lowest BCUT2D eigenvalue weighted by Crippen LogP contribution is -2.34. The molecule has 6 heteroatoms. The van der Waals surface area contributed by atoms with Crippen molar-refractivity contribution in [3.63, 3.8) is 0 Å². The molecule has 1 aliphatic heterocycles. The number of hydrogen-bond donors (Lipinski definition) is 2. The van der Waals surface area contributed by atoms with E-state index in [0.29, 0.717) is 24.4 Å². The number of fused-ring (bicyclic) bond motifs is 1. The number of carbonyl (C=O) groups excluding carboxylic acids is 1. The molecule has 6 nitrogen and oxygen atoms in total. The molecule has 0 saturated carbocycles. The molecule has 2 atom stereocenters. The zero-order valence-electron chi connectivity index (χ0n) is 13.8. The minimum atomic E-state index is -0.553. The van der Waals surface area contributed by atoms with Gasteiger partial charge in [0.25, 0.3) is 0 Å². The summed E-state index contributed by atoms with van der Waals surface area (Å²) in [5.74, 6) is -0.430. The molecule has 1 aromatic heterocycles. The highest BCUT2D eigenvalue weighted by Crippen LogP contribution is 2.45. The highest BCUT2D eigenvalue weighted by molar-refractivity contribution is 6.06. The van der Waals surface area contributed by atoms with Crippen LogP contribution in [0, 0.1) is 5.92 Å². The maximum absolute atomic E-state index is 12.7. The maximum atomic E-state index is 12.7. The Balaban J connectivity index is 2.16. The number of hydrogen-bond acceptors (Lipinski definition) is 5. The zero-order valence-corrected chi connectivity index (χ0v) is 13.8. The lowest BCUT2D eigenvalue weighted by Gasteiger charge is -2.30. The number of H-pyrrole nitrogens is 1. The number of para-hydroxylation sites is 1. The molecule has 2 heterocycles. The third-order valence-electron chi connectivity index (χ3n) is 4.25. The van der Waals surface area contributed by atoms with E-state index in [0.717, 1.165) is 17.7 Å². The molecule has 0 amide bonds. The minimum absolute atomic E-state index is 0.154. The van der Waals surface area contributed by atoms with E-state index in [1.54, 1.807) is 25.3 Å². The molecule has 2 N–H and O–H groups in total. The number of ether oxygens (including phenoxy) is 1. The number of aliphatic imine (C=N–C) groups is 1.